The second kappa shape index (κ2) is 4.96. The van der Waals surface area contributed by atoms with Crippen LogP contribution in [0.15, 0.2) is 24.3 Å². The van der Waals surface area contributed by atoms with E-state index in [2.05, 4.69) is 30.0 Å². The number of benzene rings is 1. The van der Waals surface area contributed by atoms with Crippen LogP contribution < -0.4 is 5.73 Å². The molecule has 2 unspecified atom stereocenters. The fraction of sp³-hybridized carbons (Fsp3) is 0.500. The molecule has 1 fully saturated rings. The summed E-state index contributed by atoms with van der Waals surface area (Å²) in [6.07, 6.45) is 1.15. The van der Waals surface area contributed by atoms with Crippen molar-refractivity contribution in [2.24, 2.45) is 11.7 Å². The molecule has 1 aromatic heterocycles. The number of hydrogen-bond acceptors (Lipinski definition) is 4. The largest absolute Gasteiger partial charge is 0.327 e. The molecular weight excluding hydrogens is 242 g/mol. The Kier molecular flexibility index (Phi) is 3.33. The van der Waals surface area contributed by atoms with Gasteiger partial charge in [-0.1, -0.05) is 19.1 Å². The lowest BCUT2D eigenvalue weighted by atomic mass is 9.97. The number of hydrogen-bond donors (Lipinski definition) is 1. The Bertz CT molecular complexity index is 494. The van der Waals surface area contributed by atoms with Gasteiger partial charge in [-0.15, -0.1) is 11.3 Å². The monoisotopic (exact) mass is 261 g/mol. The minimum atomic E-state index is 0.322. The number of nitrogens with zero attached hydrogens (tertiary/aromatic N) is 2. The zero-order valence-corrected chi connectivity index (χ0v) is 11.5. The van der Waals surface area contributed by atoms with Gasteiger partial charge in [-0.05, 0) is 24.5 Å². The molecule has 96 valence electrons. The minimum absolute atomic E-state index is 0.322. The lowest BCUT2D eigenvalue weighted by Crippen LogP contribution is -2.45. The number of nitrogens with two attached hydrogens (primary N) is 1. The Hall–Kier alpha value is -0.970. The number of fused-ring (bicyclic) bond motifs is 1. The highest BCUT2D eigenvalue weighted by Gasteiger charge is 2.22. The third-order valence-electron chi connectivity index (χ3n) is 3.46. The van der Waals surface area contributed by atoms with Crippen LogP contribution in [0.2, 0.25) is 0 Å². The molecule has 4 heteroatoms. The van der Waals surface area contributed by atoms with Crippen molar-refractivity contribution in [3.05, 3.63) is 29.3 Å². The first-order valence-electron chi connectivity index (χ1n) is 6.53. The van der Waals surface area contributed by atoms with Crippen LogP contribution in [0.4, 0.5) is 0 Å². The van der Waals surface area contributed by atoms with Gasteiger partial charge in [-0.25, -0.2) is 4.98 Å². The molecule has 1 saturated heterocycles. The summed E-state index contributed by atoms with van der Waals surface area (Å²) in [7, 11) is 0. The molecular formula is C14H19N3S. The number of piperidine rings is 1. The van der Waals surface area contributed by atoms with Crippen molar-refractivity contribution in [3.63, 3.8) is 0 Å². The highest BCUT2D eigenvalue weighted by Crippen LogP contribution is 2.24. The van der Waals surface area contributed by atoms with Gasteiger partial charge >= 0.3 is 0 Å². The molecule has 18 heavy (non-hydrogen) atoms. The molecule has 3 nitrogen and oxygen atoms in total. The van der Waals surface area contributed by atoms with E-state index in [4.69, 9.17) is 10.7 Å². The van der Waals surface area contributed by atoms with E-state index in [9.17, 15) is 0 Å². The summed E-state index contributed by atoms with van der Waals surface area (Å²) in [6, 6.07) is 8.66. The molecule has 2 atom stereocenters. The van der Waals surface area contributed by atoms with Crippen LogP contribution in [0.5, 0.6) is 0 Å². The molecule has 0 spiro atoms. The molecule has 1 aromatic carbocycles. The summed E-state index contributed by atoms with van der Waals surface area (Å²) < 4.78 is 1.28. The van der Waals surface area contributed by atoms with Crippen molar-refractivity contribution in [2.45, 2.75) is 25.9 Å². The summed E-state index contributed by atoms with van der Waals surface area (Å²) in [5, 5.41) is 1.21. The maximum absolute atomic E-state index is 6.09. The maximum atomic E-state index is 6.09. The zero-order chi connectivity index (χ0) is 12.5. The zero-order valence-electron chi connectivity index (χ0n) is 10.7. The fourth-order valence-corrected chi connectivity index (χ4v) is 3.83. The Labute approximate surface area is 112 Å². The van der Waals surface area contributed by atoms with Crippen LogP contribution in [-0.2, 0) is 6.54 Å². The molecule has 0 aliphatic carbocycles. The normalized spacial score (nSPS) is 25.7. The van der Waals surface area contributed by atoms with E-state index in [1.807, 2.05) is 6.07 Å². The molecule has 0 saturated carbocycles. The average molecular weight is 261 g/mol. The molecule has 0 amide bonds. The standard InChI is InChI=1S/C14H19N3S/c1-10-6-11(15)8-17(7-10)9-14-16-12-4-2-3-5-13(12)18-14/h2-5,10-11H,6-9,15H2,1H3. The van der Waals surface area contributed by atoms with E-state index in [-0.39, 0.29) is 0 Å². The quantitative estimate of drug-likeness (QED) is 0.903. The predicted octanol–water partition coefficient (Wildman–Crippen LogP) is 2.47. The third-order valence-corrected chi connectivity index (χ3v) is 4.49. The second-order valence-electron chi connectivity index (χ2n) is 5.37. The lowest BCUT2D eigenvalue weighted by molar-refractivity contribution is 0.158. The molecule has 1 aliphatic rings. The van der Waals surface area contributed by atoms with Crippen molar-refractivity contribution in [3.8, 4) is 0 Å². The summed E-state index contributed by atoms with van der Waals surface area (Å²) in [5.41, 5.74) is 7.20. The van der Waals surface area contributed by atoms with Gasteiger partial charge < -0.3 is 5.73 Å². The van der Waals surface area contributed by atoms with E-state index in [0.717, 1.165) is 31.6 Å². The number of likely N-dealkylation sites (tertiary alicyclic amines) is 1. The van der Waals surface area contributed by atoms with E-state index < -0.39 is 0 Å². The first-order valence-corrected chi connectivity index (χ1v) is 7.35. The molecule has 2 N–H and O–H groups in total. The molecule has 0 bridgehead atoms. The maximum Gasteiger partial charge on any atom is 0.108 e. The van der Waals surface area contributed by atoms with Crippen LogP contribution >= 0.6 is 11.3 Å². The van der Waals surface area contributed by atoms with E-state index in [0.29, 0.717) is 12.0 Å². The highest BCUT2D eigenvalue weighted by atomic mass is 32.1. The van der Waals surface area contributed by atoms with Crippen molar-refractivity contribution in [1.29, 1.82) is 0 Å². The Balaban J connectivity index is 1.75. The number of thiazole rings is 1. The second-order valence-corrected chi connectivity index (χ2v) is 6.49. The predicted molar refractivity (Wildman–Crippen MR) is 76.7 cm³/mol. The van der Waals surface area contributed by atoms with E-state index >= 15 is 0 Å². The molecule has 1 aliphatic heterocycles. The molecule has 2 aromatic rings. The minimum Gasteiger partial charge on any atom is -0.327 e. The van der Waals surface area contributed by atoms with Gasteiger partial charge in [0.25, 0.3) is 0 Å². The first-order chi connectivity index (χ1) is 8.70. The molecule has 3 rings (SSSR count). The summed E-state index contributed by atoms with van der Waals surface area (Å²) in [5.74, 6) is 0.697. The Morgan fingerprint density at radius 2 is 2.22 bits per heavy atom. The smallest absolute Gasteiger partial charge is 0.108 e. The van der Waals surface area contributed by atoms with Crippen molar-refractivity contribution in [2.75, 3.05) is 13.1 Å². The topological polar surface area (TPSA) is 42.1 Å². The fourth-order valence-electron chi connectivity index (χ4n) is 2.82. The molecule has 0 radical (unpaired) electrons. The van der Waals surface area contributed by atoms with Gasteiger partial charge in [0, 0.05) is 19.1 Å². The van der Waals surface area contributed by atoms with Gasteiger partial charge in [0.1, 0.15) is 5.01 Å². The average Bonchev–Trinajstić information content (AvgIpc) is 2.69. The van der Waals surface area contributed by atoms with Gasteiger partial charge in [0.05, 0.1) is 16.8 Å². The van der Waals surface area contributed by atoms with Crippen LogP contribution in [-0.4, -0.2) is 29.0 Å². The van der Waals surface area contributed by atoms with E-state index in [1.165, 1.54) is 9.71 Å². The van der Waals surface area contributed by atoms with Gasteiger partial charge in [0.15, 0.2) is 0 Å². The summed E-state index contributed by atoms with van der Waals surface area (Å²) >= 11 is 1.80. The SMILES string of the molecule is CC1CC(N)CN(Cc2nc3ccccc3s2)C1. The third kappa shape index (κ3) is 2.55. The van der Waals surface area contributed by atoms with Crippen LogP contribution in [0, 0.1) is 5.92 Å². The van der Waals surface area contributed by atoms with E-state index in [1.54, 1.807) is 11.3 Å². The Morgan fingerprint density at radius 3 is 3.00 bits per heavy atom. The van der Waals surface area contributed by atoms with Crippen LogP contribution in [0.3, 0.4) is 0 Å². The van der Waals surface area contributed by atoms with Crippen LogP contribution in [0.1, 0.15) is 18.4 Å². The molecule has 2 heterocycles. The Morgan fingerprint density at radius 1 is 1.39 bits per heavy atom. The van der Waals surface area contributed by atoms with Crippen molar-refractivity contribution >= 4 is 21.6 Å². The van der Waals surface area contributed by atoms with Crippen molar-refractivity contribution < 1.29 is 0 Å². The van der Waals surface area contributed by atoms with Crippen LogP contribution in [0.25, 0.3) is 10.2 Å². The van der Waals surface area contributed by atoms with Gasteiger partial charge in [0.2, 0.25) is 0 Å². The van der Waals surface area contributed by atoms with Crippen molar-refractivity contribution in [1.82, 2.24) is 9.88 Å². The summed E-state index contributed by atoms with van der Waals surface area (Å²) in [6.45, 7) is 5.37. The number of aromatic nitrogens is 1. The lowest BCUT2D eigenvalue weighted by Gasteiger charge is -2.34. The number of rotatable bonds is 2. The van der Waals surface area contributed by atoms with Gasteiger partial charge in [-0.3, -0.25) is 4.90 Å². The number of para-hydroxylation sites is 1. The van der Waals surface area contributed by atoms with Gasteiger partial charge in [-0.2, -0.15) is 0 Å². The first kappa shape index (κ1) is 12.1. The summed E-state index contributed by atoms with van der Waals surface area (Å²) in [4.78, 5) is 7.13. The highest BCUT2D eigenvalue weighted by molar-refractivity contribution is 7.18.